The average Bonchev–Trinajstić information content (AvgIpc) is 3.53. The molecule has 5 aromatic rings. The van der Waals surface area contributed by atoms with Crippen LogP contribution in [0.5, 0.6) is 5.75 Å². The number of nitrogens with zero attached hydrogens (tertiary/aromatic N) is 6. The minimum atomic E-state index is -0.519. The smallest absolute Gasteiger partial charge is 0.299 e. The van der Waals surface area contributed by atoms with E-state index in [9.17, 15) is 9.59 Å². The van der Waals surface area contributed by atoms with Gasteiger partial charge in [-0.05, 0) is 73.2 Å². The van der Waals surface area contributed by atoms with Gasteiger partial charge in [0.05, 0.1) is 41.4 Å². The van der Waals surface area contributed by atoms with Crippen molar-refractivity contribution in [1.82, 2.24) is 20.0 Å². The van der Waals surface area contributed by atoms with Crippen LogP contribution >= 0.6 is 11.6 Å². The number of hydrogen-bond acceptors (Lipinski definition) is 8. The van der Waals surface area contributed by atoms with Crippen LogP contribution in [0, 0.1) is 6.92 Å². The van der Waals surface area contributed by atoms with E-state index in [-0.39, 0.29) is 6.61 Å². The number of aryl methyl sites for hydroxylation is 1. The zero-order valence-corrected chi connectivity index (χ0v) is 22.7. The van der Waals surface area contributed by atoms with E-state index >= 15 is 0 Å². The molecule has 1 aliphatic rings. The van der Waals surface area contributed by atoms with Gasteiger partial charge in [0.25, 0.3) is 11.7 Å². The van der Waals surface area contributed by atoms with Crippen molar-refractivity contribution in [3.8, 4) is 5.75 Å². The highest BCUT2D eigenvalue weighted by Gasteiger charge is 2.35. The van der Waals surface area contributed by atoms with E-state index < -0.39 is 11.7 Å². The largest absolute Gasteiger partial charge is 0.487 e. The Bertz CT molecular complexity index is 1800. The lowest BCUT2D eigenvalue weighted by atomic mass is 10.1. The first kappa shape index (κ1) is 26.1. The summed E-state index contributed by atoms with van der Waals surface area (Å²) in [5.41, 5.74) is 8.24. The predicted molar refractivity (Wildman–Crippen MR) is 157 cm³/mol. The molecule has 1 amide bonds. The van der Waals surface area contributed by atoms with Crippen molar-refractivity contribution in [2.75, 3.05) is 16.9 Å². The van der Waals surface area contributed by atoms with Gasteiger partial charge in [0.15, 0.2) is 0 Å². The number of carbonyl (C=O) groups is 2. The summed E-state index contributed by atoms with van der Waals surface area (Å²) in [6, 6.07) is 20.3. The first-order valence-electron chi connectivity index (χ1n) is 12.9. The van der Waals surface area contributed by atoms with Crippen LogP contribution in [0.1, 0.15) is 27.2 Å². The summed E-state index contributed by atoms with van der Waals surface area (Å²) in [6.07, 6.45) is 5.19. The summed E-state index contributed by atoms with van der Waals surface area (Å²) in [7, 11) is 0. The van der Waals surface area contributed by atoms with Crippen LogP contribution in [0.15, 0.2) is 84.2 Å². The first-order chi connectivity index (χ1) is 19.9. The average molecular weight is 566 g/mol. The molecular formula is C30H24ClN7O3. The molecule has 0 bridgehead atoms. The normalized spacial score (nSPS) is 12.9. The molecule has 0 atom stereocenters. The highest BCUT2D eigenvalue weighted by atomic mass is 35.5. The zero-order valence-electron chi connectivity index (χ0n) is 22.0. The fourth-order valence-corrected chi connectivity index (χ4v) is 4.72. The minimum Gasteiger partial charge on any atom is -0.487 e. The highest BCUT2D eigenvalue weighted by Crippen LogP contribution is 2.29. The molecule has 3 heterocycles. The molecule has 41 heavy (non-hydrogen) atoms. The Morgan fingerprint density at radius 1 is 1.02 bits per heavy atom. The highest BCUT2D eigenvalue weighted by molar-refractivity contribution is 6.52. The van der Waals surface area contributed by atoms with E-state index in [2.05, 4.69) is 25.8 Å². The van der Waals surface area contributed by atoms with Gasteiger partial charge in [-0.25, -0.2) is 0 Å². The second kappa shape index (κ2) is 11.2. The van der Waals surface area contributed by atoms with Gasteiger partial charge in [-0.15, -0.1) is 5.10 Å². The van der Waals surface area contributed by atoms with Crippen molar-refractivity contribution in [2.24, 2.45) is 5.10 Å². The predicted octanol–water partition coefficient (Wildman–Crippen LogP) is 5.04. The molecule has 0 radical (unpaired) electrons. The van der Waals surface area contributed by atoms with Crippen LogP contribution in [0.3, 0.4) is 0 Å². The molecule has 1 aliphatic heterocycles. The molecule has 11 heteroatoms. The number of Topliss-reactive ketones (excluding diaryl/α,β-unsaturated/α-hetero) is 1. The quantitative estimate of drug-likeness (QED) is 0.151. The lowest BCUT2D eigenvalue weighted by Gasteiger charge is -2.16. The van der Waals surface area contributed by atoms with Crippen molar-refractivity contribution in [3.05, 3.63) is 107 Å². The summed E-state index contributed by atoms with van der Waals surface area (Å²) < 4.78 is 7.49. The van der Waals surface area contributed by atoms with Gasteiger partial charge >= 0.3 is 0 Å². The number of ether oxygens (including phenoxy) is 1. The van der Waals surface area contributed by atoms with E-state index in [1.165, 1.54) is 4.90 Å². The number of benzene rings is 3. The Hall–Kier alpha value is -5.09. The van der Waals surface area contributed by atoms with E-state index in [1.54, 1.807) is 35.4 Å². The summed E-state index contributed by atoms with van der Waals surface area (Å²) in [4.78, 5) is 30.6. The number of fused-ring (bicyclic) bond motifs is 2. The van der Waals surface area contributed by atoms with Crippen LogP contribution in [0.4, 0.5) is 11.4 Å². The Kier molecular flexibility index (Phi) is 7.13. The molecule has 204 valence electrons. The van der Waals surface area contributed by atoms with Crippen molar-refractivity contribution in [3.63, 3.8) is 0 Å². The molecule has 0 saturated carbocycles. The Labute approximate surface area is 240 Å². The third-order valence-electron chi connectivity index (χ3n) is 6.64. The summed E-state index contributed by atoms with van der Waals surface area (Å²) in [6.45, 7) is 2.83. The number of rotatable bonds is 9. The number of pyridine rings is 1. The maximum Gasteiger partial charge on any atom is 0.299 e. The number of nitrogens with one attached hydrogen (secondary N) is 1. The van der Waals surface area contributed by atoms with E-state index in [0.717, 1.165) is 27.7 Å². The third-order valence-corrected chi connectivity index (χ3v) is 6.87. The number of carbonyl (C=O) groups excluding carboxylic acids is 2. The molecule has 2 aromatic heterocycles. The van der Waals surface area contributed by atoms with E-state index in [1.807, 2.05) is 61.5 Å². The van der Waals surface area contributed by atoms with Crippen molar-refractivity contribution in [2.45, 2.75) is 20.1 Å². The van der Waals surface area contributed by atoms with Gasteiger partial charge in [-0.1, -0.05) is 28.4 Å². The molecule has 0 aliphatic carbocycles. The van der Waals surface area contributed by atoms with Gasteiger partial charge in [-0.2, -0.15) is 5.10 Å². The summed E-state index contributed by atoms with van der Waals surface area (Å²) in [5.74, 6) is -0.317. The number of hydrogen-bond donors (Lipinski definition) is 1. The van der Waals surface area contributed by atoms with Gasteiger partial charge < -0.3 is 9.64 Å². The number of amides is 1. The van der Waals surface area contributed by atoms with Crippen molar-refractivity contribution < 1.29 is 14.3 Å². The monoisotopic (exact) mass is 565 g/mol. The third kappa shape index (κ3) is 5.64. The Morgan fingerprint density at radius 2 is 1.88 bits per heavy atom. The minimum absolute atomic E-state index is 0.233. The van der Waals surface area contributed by atoms with Gasteiger partial charge in [0.1, 0.15) is 18.1 Å². The number of halogens is 1. The topological polar surface area (TPSA) is 115 Å². The number of anilines is 2. The molecule has 6 rings (SSSR count). The van der Waals surface area contributed by atoms with Crippen LogP contribution < -0.4 is 15.1 Å². The van der Waals surface area contributed by atoms with Gasteiger partial charge in [0, 0.05) is 23.2 Å². The number of ketones is 1. The number of hydrazone groups is 1. The molecular weight excluding hydrogens is 542 g/mol. The van der Waals surface area contributed by atoms with E-state index in [0.29, 0.717) is 40.8 Å². The first-order valence-corrected chi connectivity index (χ1v) is 13.2. The molecule has 10 nitrogen and oxygen atoms in total. The van der Waals surface area contributed by atoms with Gasteiger partial charge in [-0.3, -0.25) is 24.7 Å². The molecule has 0 fully saturated rings. The fraction of sp³-hybridized carbons (Fsp3) is 0.133. The molecule has 3 aromatic carbocycles. The van der Waals surface area contributed by atoms with Crippen molar-refractivity contribution in [1.29, 1.82) is 0 Å². The number of aromatic nitrogens is 4. The lowest BCUT2D eigenvalue weighted by molar-refractivity contribution is -0.114. The summed E-state index contributed by atoms with van der Waals surface area (Å²) in [5, 5.41) is 14.2. The van der Waals surface area contributed by atoms with Gasteiger partial charge in [0.2, 0.25) is 0 Å². The van der Waals surface area contributed by atoms with Crippen LogP contribution in [-0.2, 0) is 17.9 Å². The summed E-state index contributed by atoms with van der Waals surface area (Å²) >= 11 is 6.06. The molecule has 0 saturated heterocycles. The maximum atomic E-state index is 12.5. The van der Waals surface area contributed by atoms with Crippen LogP contribution in [0.25, 0.3) is 10.9 Å². The molecule has 1 N–H and O–H groups in total. The van der Waals surface area contributed by atoms with E-state index in [4.69, 9.17) is 16.3 Å². The Balaban J connectivity index is 1.01. The standard InChI is InChI=1S/C30H24ClN7O3/c1-19-2-9-28-25(14-19)29(39)30(40)38(28)13-12-37-17-22(34-36-37)18-41-23-6-3-20(4-7-23)16-33-35-26-10-11-32-27-15-21(31)5-8-24(26)27/h2-11,14-17H,12-13,18H2,1H3,(H,32,35)/b33-16+. The van der Waals surface area contributed by atoms with Crippen molar-refractivity contribution >= 4 is 51.8 Å². The fourth-order valence-electron chi connectivity index (χ4n) is 4.56. The Morgan fingerprint density at radius 3 is 2.73 bits per heavy atom. The zero-order chi connectivity index (χ0) is 28.3. The lowest BCUT2D eigenvalue weighted by Crippen LogP contribution is -2.32. The maximum absolute atomic E-state index is 12.5. The van der Waals surface area contributed by atoms with Crippen LogP contribution in [0.2, 0.25) is 5.02 Å². The molecule has 0 unspecified atom stereocenters. The second-order valence-corrected chi connectivity index (χ2v) is 9.96. The van der Waals surface area contributed by atoms with Crippen LogP contribution in [-0.4, -0.2) is 44.4 Å². The molecule has 0 spiro atoms. The SMILES string of the molecule is Cc1ccc2c(c1)C(=O)C(=O)N2CCn1cc(COc2ccc(/C=N/Nc3ccnc4cc(Cl)ccc34)cc2)nn1. The second-order valence-electron chi connectivity index (χ2n) is 9.53.